The molecule has 1 aromatic rings. The van der Waals surface area contributed by atoms with Crippen LogP contribution in [0.1, 0.15) is 51.5 Å². The minimum atomic E-state index is -3.34. The number of sulfonamides is 1. The van der Waals surface area contributed by atoms with E-state index in [-0.39, 0.29) is 42.0 Å². The van der Waals surface area contributed by atoms with Crippen molar-refractivity contribution in [3.8, 4) is 0 Å². The molecule has 0 unspecified atom stereocenters. The molecule has 1 aliphatic heterocycles. The fourth-order valence-corrected chi connectivity index (χ4v) is 5.97. The van der Waals surface area contributed by atoms with Crippen LogP contribution >= 0.6 is 0 Å². The smallest absolute Gasteiger partial charge is 0.224 e. The zero-order valence-electron chi connectivity index (χ0n) is 21.3. The SMILES string of the molecule is COC1=C(c2cnc(NC3CCN(S(=O)(=O)CCCN[C@@H](CO)C(C)C)CC3)nc2N)C=C(F)CC1. The van der Waals surface area contributed by atoms with Crippen LogP contribution in [0.4, 0.5) is 16.2 Å². The Kier molecular flexibility index (Phi) is 10.1. The molecule has 1 saturated heterocycles. The van der Waals surface area contributed by atoms with Gasteiger partial charge in [-0.05, 0) is 37.8 Å². The Morgan fingerprint density at radius 3 is 2.64 bits per heavy atom. The number of methoxy groups -OCH3 is 1. The zero-order valence-corrected chi connectivity index (χ0v) is 22.2. The lowest BCUT2D eigenvalue weighted by Crippen LogP contribution is -2.44. The summed E-state index contributed by atoms with van der Waals surface area (Å²) < 4.78 is 46.3. The average molecular weight is 527 g/mol. The number of nitrogens with two attached hydrogens (primary N) is 1. The summed E-state index contributed by atoms with van der Waals surface area (Å²) in [6, 6.07) is -0.0145. The molecule has 2 aliphatic rings. The highest BCUT2D eigenvalue weighted by Crippen LogP contribution is 2.33. The van der Waals surface area contributed by atoms with E-state index in [0.717, 1.165) is 0 Å². The largest absolute Gasteiger partial charge is 0.500 e. The predicted molar refractivity (Wildman–Crippen MR) is 139 cm³/mol. The van der Waals surface area contributed by atoms with Crippen molar-refractivity contribution in [3.05, 3.63) is 29.4 Å². The second kappa shape index (κ2) is 12.8. The Bertz CT molecular complexity index is 1050. The number of allylic oxidation sites excluding steroid dienone is 4. The lowest BCUT2D eigenvalue weighted by Gasteiger charge is -2.31. The average Bonchev–Trinajstić information content (AvgIpc) is 2.84. The first-order chi connectivity index (χ1) is 17.1. The van der Waals surface area contributed by atoms with Crippen LogP contribution in [0.5, 0.6) is 0 Å². The summed E-state index contributed by atoms with van der Waals surface area (Å²) in [6.07, 6.45) is 5.44. The molecule has 202 valence electrons. The normalized spacial score (nSPS) is 18.9. The van der Waals surface area contributed by atoms with Gasteiger partial charge in [-0.2, -0.15) is 4.98 Å². The summed E-state index contributed by atoms with van der Waals surface area (Å²) in [5, 5.41) is 15.8. The molecule has 0 radical (unpaired) electrons. The van der Waals surface area contributed by atoms with Gasteiger partial charge in [-0.3, -0.25) is 0 Å². The number of nitrogens with one attached hydrogen (secondary N) is 2. The molecule has 0 saturated carbocycles. The fraction of sp³-hybridized carbons (Fsp3) is 0.667. The van der Waals surface area contributed by atoms with Gasteiger partial charge in [-0.25, -0.2) is 22.1 Å². The molecule has 2 heterocycles. The molecule has 10 nitrogen and oxygen atoms in total. The number of hydrogen-bond acceptors (Lipinski definition) is 9. The van der Waals surface area contributed by atoms with Crippen molar-refractivity contribution in [2.45, 2.75) is 58.0 Å². The number of aliphatic hydroxyl groups excluding tert-OH is 1. The highest BCUT2D eigenvalue weighted by Gasteiger charge is 2.28. The lowest BCUT2D eigenvalue weighted by molar-refractivity contribution is 0.211. The second-order valence-electron chi connectivity index (χ2n) is 9.60. The fourth-order valence-electron chi connectivity index (χ4n) is 4.43. The summed E-state index contributed by atoms with van der Waals surface area (Å²) in [5.41, 5.74) is 7.23. The number of rotatable bonds is 12. The Morgan fingerprint density at radius 2 is 2.03 bits per heavy atom. The molecule has 1 aromatic heterocycles. The van der Waals surface area contributed by atoms with Crippen LogP contribution in [-0.4, -0.2) is 79.0 Å². The maximum absolute atomic E-state index is 13.8. The number of ether oxygens (including phenoxy) is 1. The molecule has 1 aliphatic carbocycles. The molecule has 12 heteroatoms. The van der Waals surface area contributed by atoms with Gasteiger partial charge in [0, 0.05) is 55.3 Å². The van der Waals surface area contributed by atoms with Gasteiger partial charge in [-0.15, -0.1) is 0 Å². The van der Waals surface area contributed by atoms with Crippen LogP contribution in [0.15, 0.2) is 23.9 Å². The van der Waals surface area contributed by atoms with Crippen LogP contribution in [0.3, 0.4) is 0 Å². The molecule has 0 bridgehead atoms. The van der Waals surface area contributed by atoms with Crippen molar-refractivity contribution < 1.29 is 22.7 Å². The van der Waals surface area contributed by atoms with E-state index in [2.05, 4.69) is 20.6 Å². The van der Waals surface area contributed by atoms with Gasteiger partial charge in [0.25, 0.3) is 0 Å². The van der Waals surface area contributed by atoms with Gasteiger partial charge >= 0.3 is 0 Å². The van der Waals surface area contributed by atoms with Crippen molar-refractivity contribution in [1.82, 2.24) is 19.6 Å². The van der Waals surface area contributed by atoms with Crippen molar-refractivity contribution in [2.75, 3.05) is 50.2 Å². The van der Waals surface area contributed by atoms with Gasteiger partial charge in [0.1, 0.15) is 17.4 Å². The number of hydrogen-bond donors (Lipinski definition) is 4. The molecule has 0 aromatic carbocycles. The highest BCUT2D eigenvalue weighted by molar-refractivity contribution is 7.89. The monoisotopic (exact) mass is 526 g/mol. The van der Waals surface area contributed by atoms with E-state index in [9.17, 15) is 17.9 Å². The van der Waals surface area contributed by atoms with Gasteiger partial charge < -0.3 is 26.2 Å². The van der Waals surface area contributed by atoms with Crippen molar-refractivity contribution >= 4 is 27.4 Å². The van der Waals surface area contributed by atoms with Crippen molar-refractivity contribution in [1.29, 1.82) is 0 Å². The number of nitrogens with zero attached hydrogens (tertiary/aromatic N) is 3. The summed E-state index contributed by atoms with van der Waals surface area (Å²) in [5.74, 6) is 1.33. The van der Waals surface area contributed by atoms with E-state index in [1.165, 1.54) is 10.4 Å². The first kappa shape index (κ1) is 28.3. The molecular formula is C24H39FN6O4S. The zero-order chi connectivity index (χ0) is 26.3. The topological polar surface area (TPSA) is 143 Å². The van der Waals surface area contributed by atoms with Crippen LogP contribution < -0.4 is 16.4 Å². The summed E-state index contributed by atoms with van der Waals surface area (Å²) in [6.45, 7) is 5.44. The number of halogens is 1. The molecule has 5 N–H and O–H groups in total. The number of anilines is 2. The molecule has 3 rings (SSSR count). The van der Waals surface area contributed by atoms with E-state index in [0.29, 0.717) is 74.6 Å². The standard InChI is InChI=1S/C24H39FN6O4S/c1-16(2)21(15-32)27-9-4-12-36(33,34)31-10-7-18(8-11-31)29-24-28-14-20(23(26)30-24)19-13-17(25)5-6-22(19)35-3/h13-14,16,18,21,27,32H,4-12,15H2,1-3H3,(H3,26,28,29,30)/t21-/m0/s1. The third-order valence-electron chi connectivity index (χ3n) is 6.71. The van der Waals surface area contributed by atoms with Gasteiger partial charge in [0.15, 0.2) is 0 Å². The Hall–Kier alpha value is -2.28. The molecule has 1 fully saturated rings. The summed E-state index contributed by atoms with van der Waals surface area (Å²) in [7, 11) is -1.80. The number of nitrogen functional groups attached to an aromatic ring is 1. The van der Waals surface area contributed by atoms with E-state index in [4.69, 9.17) is 10.5 Å². The van der Waals surface area contributed by atoms with E-state index < -0.39 is 10.0 Å². The Balaban J connectivity index is 1.51. The van der Waals surface area contributed by atoms with E-state index in [1.807, 2.05) is 13.8 Å². The predicted octanol–water partition coefficient (Wildman–Crippen LogP) is 2.27. The lowest BCUT2D eigenvalue weighted by atomic mass is 9.98. The number of aromatic nitrogens is 2. The van der Waals surface area contributed by atoms with Crippen LogP contribution in [0.2, 0.25) is 0 Å². The number of aliphatic hydroxyl groups is 1. The molecule has 0 spiro atoms. The van der Waals surface area contributed by atoms with Gasteiger partial charge in [-0.1, -0.05) is 13.8 Å². The number of piperidine rings is 1. The summed E-state index contributed by atoms with van der Waals surface area (Å²) >= 11 is 0. The maximum Gasteiger partial charge on any atom is 0.224 e. The van der Waals surface area contributed by atoms with Crippen LogP contribution in [0, 0.1) is 5.92 Å². The summed E-state index contributed by atoms with van der Waals surface area (Å²) in [4.78, 5) is 8.70. The Labute approximate surface area is 213 Å². The third-order valence-corrected chi connectivity index (χ3v) is 8.67. The van der Waals surface area contributed by atoms with Gasteiger partial charge in [0.2, 0.25) is 16.0 Å². The molecular weight excluding hydrogens is 487 g/mol. The minimum Gasteiger partial charge on any atom is -0.500 e. The van der Waals surface area contributed by atoms with Crippen LogP contribution in [-0.2, 0) is 14.8 Å². The second-order valence-corrected chi connectivity index (χ2v) is 11.7. The first-order valence-corrected chi connectivity index (χ1v) is 14.1. The quantitative estimate of drug-likeness (QED) is 0.302. The van der Waals surface area contributed by atoms with Crippen LogP contribution in [0.25, 0.3) is 5.57 Å². The van der Waals surface area contributed by atoms with E-state index >= 15 is 0 Å². The molecule has 1 atom stereocenters. The van der Waals surface area contributed by atoms with Crippen molar-refractivity contribution in [3.63, 3.8) is 0 Å². The molecule has 0 amide bonds. The minimum absolute atomic E-state index is 0.0143. The van der Waals surface area contributed by atoms with E-state index in [1.54, 1.807) is 13.3 Å². The first-order valence-electron chi connectivity index (χ1n) is 12.5. The Morgan fingerprint density at radius 1 is 1.31 bits per heavy atom. The van der Waals surface area contributed by atoms with Gasteiger partial charge in [0.05, 0.1) is 19.5 Å². The van der Waals surface area contributed by atoms with Crippen molar-refractivity contribution in [2.24, 2.45) is 5.92 Å². The molecule has 36 heavy (non-hydrogen) atoms. The highest BCUT2D eigenvalue weighted by atomic mass is 32.2. The maximum atomic E-state index is 13.8. The third kappa shape index (κ3) is 7.37.